The topological polar surface area (TPSA) is 81.9 Å². The van der Waals surface area contributed by atoms with E-state index < -0.39 is 5.60 Å². The molecule has 1 aromatic rings. The number of carbonyl (C=O) groups excluding carboxylic acids is 2. The lowest BCUT2D eigenvalue weighted by molar-refractivity contribution is 0.0198. The lowest BCUT2D eigenvalue weighted by Gasteiger charge is -2.34. The molecule has 1 amide bonds. The summed E-state index contributed by atoms with van der Waals surface area (Å²) in [6.07, 6.45) is 1.40. The summed E-state index contributed by atoms with van der Waals surface area (Å²) >= 11 is 0. The molecular formula is C18H26N2O4. The van der Waals surface area contributed by atoms with Crippen LogP contribution in [-0.4, -0.2) is 42.8 Å². The predicted octanol–water partition coefficient (Wildman–Crippen LogP) is 3.17. The number of nitrogens with zero attached hydrogens (tertiary/aromatic N) is 1. The van der Waals surface area contributed by atoms with Gasteiger partial charge in [-0.2, -0.15) is 0 Å². The van der Waals surface area contributed by atoms with Crippen LogP contribution in [0.5, 0.6) is 0 Å². The van der Waals surface area contributed by atoms with Crippen LogP contribution in [0.2, 0.25) is 0 Å². The van der Waals surface area contributed by atoms with Gasteiger partial charge in [-0.1, -0.05) is 0 Å². The average molecular weight is 334 g/mol. The van der Waals surface area contributed by atoms with Crippen molar-refractivity contribution in [3.8, 4) is 0 Å². The molecule has 0 aliphatic carbocycles. The van der Waals surface area contributed by atoms with Gasteiger partial charge in [0.1, 0.15) is 5.60 Å². The number of esters is 1. The van der Waals surface area contributed by atoms with Gasteiger partial charge in [-0.25, -0.2) is 9.59 Å². The number of nitrogen functional groups attached to an aromatic ring is 1. The van der Waals surface area contributed by atoms with Crippen LogP contribution < -0.4 is 5.73 Å². The summed E-state index contributed by atoms with van der Waals surface area (Å²) in [5.74, 6) is -0.358. The molecule has 24 heavy (non-hydrogen) atoms. The molecule has 0 bridgehead atoms. The number of hydrogen-bond acceptors (Lipinski definition) is 5. The first kappa shape index (κ1) is 18.1. The fourth-order valence-corrected chi connectivity index (χ4v) is 2.94. The molecule has 1 heterocycles. The van der Waals surface area contributed by atoms with Crippen molar-refractivity contribution in [3.05, 3.63) is 29.3 Å². The monoisotopic (exact) mass is 334 g/mol. The number of likely N-dealkylation sites (tertiary alicyclic amines) is 1. The van der Waals surface area contributed by atoms with Crippen molar-refractivity contribution >= 4 is 17.7 Å². The Bertz CT molecular complexity index is 622. The molecule has 132 valence electrons. The number of nitrogens with two attached hydrogens (primary N) is 1. The summed E-state index contributed by atoms with van der Waals surface area (Å²) < 4.78 is 10.3. The van der Waals surface area contributed by atoms with Crippen molar-refractivity contribution in [2.24, 2.45) is 0 Å². The van der Waals surface area contributed by atoms with E-state index in [2.05, 4.69) is 0 Å². The molecule has 1 atom stereocenters. The molecule has 1 saturated heterocycles. The lowest BCUT2D eigenvalue weighted by atomic mass is 9.87. The first-order valence-electron chi connectivity index (χ1n) is 8.17. The number of ether oxygens (including phenoxy) is 2. The van der Waals surface area contributed by atoms with E-state index in [0.717, 1.165) is 18.4 Å². The zero-order valence-corrected chi connectivity index (χ0v) is 14.8. The third-order valence-electron chi connectivity index (χ3n) is 3.99. The number of amides is 1. The molecule has 0 aromatic heterocycles. The maximum Gasteiger partial charge on any atom is 0.410 e. The third kappa shape index (κ3) is 4.40. The molecule has 2 rings (SSSR count). The van der Waals surface area contributed by atoms with E-state index in [0.29, 0.717) is 24.3 Å². The number of methoxy groups -OCH3 is 1. The highest BCUT2D eigenvalue weighted by Gasteiger charge is 2.30. The number of rotatable bonds is 2. The summed E-state index contributed by atoms with van der Waals surface area (Å²) in [6, 6.07) is 5.17. The van der Waals surface area contributed by atoms with E-state index >= 15 is 0 Å². The minimum Gasteiger partial charge on any atom is -0.465 e. The Hall–Kier alpha value is -2.24. The van der Waals surface area contributed by atoms with Crippen LogP contribution in [0.3, 0.4) is 0 Å². The first-order chi connectivity index (χ1) is 11.2. The van der Waals surface area contributed by atoms with Crippen LogP contribution in [0.15, 0.2) is 18.2 Å². The molecule has 0 spiro atoms. The lowest BCUT2D eigenvalue weighted by Crippen LogP contribution is -2.42. The number of benzene rings is 1. The van der Waals surface area contributed by atoms with Crippen molar-refractivity contribution in [2.45, 2.75) is 45.1 Å². The predicted molar refractivity (Wildman–Crippen MR) is 92.0 cm³/mol. The Balaban J connectivity index is 2.22. The Morgan fingerprint density at radius 2 is 2.00 bits per heavy atom. The summed E-state index contributed by atoms with van der Waals surface area (Å²) in [5.41, 5.74) is 7.29. The highest BCUT2D eigenvalue weighted by Crippen LogP contribution is 2.31. The smallest absolute Gasteiger partial charge is 0.410 e. The number of hydrogen-bond donors (Lipinski definition) is 1. The van der Waals surface area contributed by atoms with Gasteiger partial charge in [-0.15, -0.1) is 0 Å². The second-order valence-electron chi connectivity index (χ2n) is 7.10. The van der Waals surface area contributed by atoms with Crippen LogP contribution in [0.1, 0.15) is 55.5 Å². The van der Waals surface area contributed by atoms with Gasteiger partial charge in [-0.3, -0.25) is 0 Å². The molecule has 0 saturated carbocycles. The van der Waals surface area contributed by atoms with Gasteiger partial charge >= 0.3 is 12.1 Å². The Morgan fingerprint density at radius 1 is 1.29 bits per heavy atom. The standard InChI is InChI=1S/C18H26N2O4/c1-18(2,3)24-17(22)20-9-5-6-12(11-20)15-10-13(19)7-8-14(15)16(21)23-4/h7-8,10,12H,5-6,9,11,19H2,1-4H3. The normalized spacial score (nSPS) is 18.2. The van der Waals surface area contributed by atoms with E-state index in [1.54, 1.807) is 23.1 Å². The second-order valence-corrected chi connectivity index (χ2v) is 7.10. The van der Waals surface area contributed by atoms with Gasteiger partial charge < -0.3 is 20.1 Å². The second kappa shape index (κ2) is 7.11. The van der Waals surface area contributed by atoms with Gasteiger partial charge in [0.25, 0.3) is 0 Å². The highest BCUT2D eigenvalue weighted by atomic mass is 16.6. The molecule has 1 aromatic carbocycles. The van der Waals surface area contributed by atoms with Gasteiger partial charge in [0.05, 0.1) is 12.7 Å². The van der Waals surface area contributed by atoms with Crippen molar-refractivity contribution < 1.29 is 19.1 Å². The van der Waals surface area contributed by atoms with Crippen molar-refractivity contribution in [2.75, 3.05) is 25.9 Å². The van der Waals surface area contributed by atoms with Gasteiger partial charge in [0, 0.05) is 24.7 Å². The fourth-order valence-electron chi connectivity index (χ4n) is 2.94. The van der Waals surface area contributed by atoms with E-state index in [1.807, 2.05) is 20.8 Å². The average Bonchev–Trinajstić information content (AvgIpc) is 2.52. The highest BCUT2D eigenvalue weighted by molar-refractivity contribution is 5.91. The molecule has 6 nitrogen and oxygen atoms in total. The van der Waals surface area contributed by atoms with Gasteiger partial charge in [-0.05, 0) is 57.4 Å². The Kier molecular flexibility index (Phi) is 5.36. The third-order valence-corrected chi connectivity index (χ3v) is 3.99. The molecular weight excluding hydrogens is 308 g/mol. The maximum atomic E-state index is 12.3. The van der Waals surface area contributed by atoms with Crippen molar-refractivity contribution in [1.29, 1.82) is 0 Å². The summed E-state index contributed by atoms with van der Waals surface area (Å²) in [6.45, 7) is 6.70. The van der Waals surface area contributed by atoms with E-state index in [-0.39, 0.29) is 18.0 Å². The molecule has 1 unspecified atom stereocenters. The quantitative estimate of drug-likeness (QED) is 0.663. The van der Waals surface area contributed by atoms with E-state index in [4.69, 9.17) is 15.2 Å². The number of anilines is 1. The van der Waals surface area contributed by atoms with Crippen molar-refractivity contribution in [1.82, 2.24) is 4.90 Å². The van der Waals surface area contributed by atoms with Crippen LogP contribution >= 0.6 is 0 Å². The molecule has 6 heteroatoms. The molecule has 2 N–H and O–H groups in total. The number of carbonyl (C=O) groups is 2. The van der Waals surface area contributed by atoms with Gasteiger partial charge in [0.15, 0.2) is 0 Å². The van der Waals surface area contributed by atoms with Crippen LogP contribution in [0.4, 0.5) is 10.5 Å². The fraction of sp³-hybridized carbons (Fsp3) is 0.556. The first-order valence-corrected chi connectivity index (χ1v) is 8.17. The largest absolute Gasteiger partial charge is 0.465 e. The van der Waals surface area contributed by atoms with E-state index in [9.17, 15) is 9.59 Å². The molecule has 0 radical (unpaired) electrons. The Labute approximate surface area is 142 Å². The van der Waals surface area contributed by atoms with Crippen LogP contribution in [-0.2, 0) is 9.47 Å². The van der Waals surface area contributed by atoms with E-state index in [1.165, 1.54) is 7.11 Å². The minimum absolute atomic E-state index is 0.0314. The maximum absolute atomic E-state index is 12.3. The summed E-state index contributed by atoms with van der Waals surface area (Å²) in [5, 5.41) is 0. The summed E-state index contributed by atoms with van der Waals surface area (Å²) in [7, 11) is 1.36. The van der Waals surface area contributed by atoms with Crippen LogP contribution in [0, 0.1) is 0 Å². The van der Waals surface area contributed by atoms with Crippen LogP contribution in [0.25, 0.3) is 0 Å². The summed E-state index contributed by atoms with van der Waals surface area (Å²) in [4.78, 5) is 26.0. The molecule has 1 fully saturated rings. The molecule has 1 aliphatic heterocycles. The van der Waals surface area contributed by atoms with Crippen molar-refractivity contribution in [3.63, 3.8) is 0 Å². The zero-order valence-electron chi connectivity index (χ0n) is 14.8. The SMILES string of the molecule is COC(=O)c1ccc(N)cc1C1CCCN(C(=O)OC(C)(C)C)C1. The molecule has 1 aliphatic rings. The minimum atomic E-state index is -0.529. The number of piperidine rings is 1. The Morgan fingerprint density at radius 3 is 2.62 bits per heavy atom. The zero-order chi connectivity index (χ0) is 17.9. The van der Waals surface area contributed by atoms with Gasteiger partial charge in [0.2, 0.25) is 0 Å².